The van der Waals surface area contributed by atoms with Crippen molar-refractivity contribution in [2.45, 2.75) is 66.3 Å². The number of rotatable bonds is 9. The van der Waals surface area contributed by atoms with Gasteiger partial charge in [-0.3, -0.25) is 24.3 Å². The van der Waals surface area contributed by atoms with Crippen LogP contribution >= 0.6 is 0 Å². The lowest BCUT2D eigenvalue weighted by molar-refractivity contribution is -0.143. The van der Waals surface area contributed by atoms with Gasteiger partial charge in [-0.1, -0.05) is 48.5 Å². The molecule has 4 aromatic heterocycles. The van der Waals surface area contributed by atoms with E-state index < -0.39 is 23.6 Å². The first kappa shape index (κ1) is 40.8. The van der Waals surface area contributed by atoms with Crippen LogP contribution in [0.1, 0.15) is 61.6 Å². The summed E-state index contributed by atoms with van der Waals surface area (Å²) >= 11 is 0. The second-order valence-corrected chi connectivity index (χ2v) is 13.9. The predicted molar refractivity (Wildman–Crippen MR) is 221 cm³/mol. The minimum atomic E-state index is -0.739. The van der Waals surface area contributed by atoms with Gasteiger partial charge in [0, 0.05) is 39.0 Å². The first-order valence-corrected chi connectivity index (χ1v) is 19.1. The van der Waals surface area contributed by atoms with Crippen molar-refractivity contribution in [3.63, 3.8) is 0 Å². The van der Waals surface area contributed by atoms with Crippen molar-refractivity contribution in [3.8, 4) is 0 Å². The van der Waals surface area contributed by atoms with Crippen LogP contribution in [0.2, 0.25) is 0 Å². The third-order valence-electron chi connectivity index (χ3n) is 10.0. The quantitative estimate of drug-likeness (QED) is 0.124. The first-order chi connectivity index (χ1) is 28.0. The fourth-order valence-electron chi connectivity index (χ4n) is 6.54. The molecule has 0 spiro atoms. The summed E-state index contributed by atoms with van der Waals surface area (Å²) in [5, 5.41) is 17.7. The summed E-state index contributed by atoms with van der Waals surface area (Å²) in [5.74, 6) is -2.09. The maximum Gasteiger partial charge on any atom is 0.314 e. The van der Waals surface area contributed by atoms with Gasteiger partial charge in [-0.05, 0) is 69.2 Å². The molecule has 302 valence electrons. The number of amides is 4. The summed E-state index contributed by atoms with van der Waals surface area (Å²) in [6.07, 6.45) is 8.89. The summed E-state index contributed by atoms with van der Waals surface area (Å²) in [6.45, 7) is 9.87. The number of aryl methyl sites for hydroxylation is 2. The number of hydrogen-bond acceptors (Lipinski definition) is 11. The lowest BCUT2D eigenvalue weighted by atomic mass is 10.1. The molecule has 6 aromatic rings. The third kappa shape index (κ3) is 9.21. The van der Waals surface area contributed by atoms with E-state index in [-0.39, 0.29) is 6.23 Å². The van der Waals surface area contributed by atoms with E-state index in [1.165, 1.54) is 28.4 Å². The second-order valence-electron chi connectivity index (χ2n) is 13.9. The number of ether oxygens (including phenoxy) is 1. The van der Waals surface area contributed by atoms with E-state index in [2.05, 4.69) is 35.9 Å². The zero-order valence-corrected chi connectivity index (χ0v) is 33.0. The monoisotopic (exact) mass is 788 g/mol. The Morgan fingerprint density at radius 1 is 0.793 bits per heavy atom. The molecule has 2 aromatic carbocycles. The van der Waals surface area contributed by atoms with E-state index in [1.807, 2.05) is 76.2 Å². The summed E-state index contributed by atoms with van der Waals surface area (Å²) in [7, 11) is 0. The summed E-state index contributed by atoms with van der Waals surface area (Å²) in [6, 6.07) is 15.6. The predicted octanol–water partition coefficient (Wildman–Crippen LogP) is 4.84. The maximum absolute atomic E-state index is 12.9. The Morgan fingerprint density at radius 2 is 1.34 bits per heavy atom. The van der Waals surface area contributed by atoms with Crippen molar-refractivity contribution in [2.75, 3.05) is 41.8 Å². The van der Waals surface area contributed by atoms with E-state index in [4.69, 9.17) is 16.2 Å². The average Bonchev–Trinajstić information content (AvgIpc) is 3.93. The lowest BCUT2D eigenvalue weighted by Gasteiger charge is -2.22. The minimum absolute atomic E-state index is 0.176. The molecule has 1 unspecified atom stereocenters. The Balaban J connectivity index is 0.000000200. The Labute approximate surface area is 335 Å². The number of likely N-dealkylation sites (N-methyl/N-ethyl adjacent to an activating group) is 2. The third-order valence-corrected chi connectivity index (χ3v) is 10.0. The average molecular weight is 789 g/mol. The number of fused-ring (bicyclic) bond motifs is 2. The van der Waals surface area contributed by atoms with Crippen molar-refractivity contribution >= 4 is 68.4 Å². The highest BCUT2D eigenvalue weighted by atomic mass is 16.5. The zero-order valence-electron chi connectivity index (χ0n) is 33.0. The highest BCUT2D eigenvalue weighted by Gasteiger charge is 2.25. The number of carbonyl (C=O) groups excluding carboxylic acids is 4. The highest BCUT2D eigenvalue weighted by Crippen LogP contribution is 2.30. The normalized spacial score (nSPS) is 13.7. The molecule has 1 atom stereocenters. The zero-order chi connectivity index (χ0) is 41.3. The van der Waals surface area contributed by atoms with E-state index in [9.17, 15) is 19.2 Å². The molecule has 5 heterocycles. The van der Waals surface area contributed by atoms with E-state index >= 15 is 0 Å². The standard InChI is InChI=1S/C23H28N6O3.C18H20N6O2/c1-3-28(13-16-9-5-4-8-15(16)2)23(31)22(30)26-18-12-25-21(24)17-14-29(27-20(17)18)19-10-6-7-11-32-19;1-3-24(10-12-7-5-4-6-11(12)2)18(26)17(25)22-14-9-20-16(19)13-8-21-23-15(13)14/h4-5,8-9,12,14,19H,3,6-7,10-11,13H2,1-2H3,(H2,24,25)(H,26,30);4-9H,3,10H2,1-2H3,(H2,19,20)(H,21,23)(H,22,25). The number of aromatic amines is 1. The SMILES string of the molecule is CCN(Cc1ccccc1C)C(=O)C(=O)Nc1cnc(N)c2cn(C3CCCCO3)nc12.CCN(Cc1ccccc1C)C(=O)C(=O)Nc1cnc(N)c2cn[nH]c12. The topological polar surface area (TPSA) is 232 Å². The molecule has 7 N–H and O–H groups in total. The summed E-state index contributed by atoms with van der Waals surface area (Å²) in [4.78, 5) is 61.9. The van der Waals surface area contributed by atoms with Gasteiger partial charge in [0.15, 0.2) is 0 Å². The first-order valence-electron chi connectivity index (χ1n) is 19.1. The van der Waals surface area contributed by atoms with Gasteiger partial charge >= 0.3 is 23.6 Å². The Morgan fingerprint density at radius 3 is 1.90 bits per heavy atom. The fourth-order valence-corrected chi connectivity index (χ4v) is 6.54. The molecule has 1 aliphatic rings. The number of nitrogens with zero attached hydrogens (tertiary/aromatic N) is 7. The molecule has 4 amide bonds. The molecule has 7 rings (SSSR count). The van der Waals surface area contributed by atoms with Crippen LogP contribution in [-0.4, -0.2) is 83.1 Å². The molecule has 0 aliphatic carbocycles. The van der Waals surface area contributed by atoms with E-state index in [1.54, 1.807) is 10.9 Å². The molecule has 0 saturated carbocycles. The Hall–Kier alpha value is -6.88. The number of carbonyl (C=O) groups is 4. The number of benzene rings is 2. The van der Waals surface area contributed by atoms with Crippen molar-refractivity contribution in [1.82, 2.24) is 39.7 Å². The van der Waals surface area contributed by atoms with Gasteiger partial charge in [-0.25, -0.2) is 14.6 Å². The van der Waals surface area contributed by atoms with Crippen molar-refractivity contribution in [2.24, 2.45) is 0 Å². The number of nitrogens with two attached hydrogens (primary N) is 2. The van der Waals surface area contributed by atoms with Crippen molar-refractivity contribution in [3.05, 3.63) is 95.6 Å². The molecule has 17 nitrogen and oxygen atoms in total. The van der Waals surface area contributed by atoms with Crippen molar-refractivity contribution in [1.29, 1.82) is 0 Å². The Bertz CT molecular complexity index is 2440. The van der Waals surface area contributed by atoms with Gasteiger partial charge in [0.2, 0.25) is 0 Å². The van der Waals surface area contributed by atoms with Gasteiger partial charge in [-0.15, -0.1) is 0 Å². The van der Waals surface area contributed by atoms with Crippen molar-refractivity contribution < 1.29 is 23.9 Å². The molecule has 0 bridgehead atoms. The van der Waals surface area contributed by atoms with Gasteiger partial charge in [0.1, 0.15) is 23.4 Å². The molecule has 0 radical (unpaired) electrons. The number of aromatic nitrogens is 6. The molecular formula is C41H48N12O5. The minimum Gasteiger partial charge on any atom is -0.383 e. The number of nitrogens with one attached hydrogen (secondary N) is 3. The lowest BCUT2D eigenvalue weighted by Crippen LogP contribution is -2.39. The van der Waals surface area contributed by atoms with Crippen LogP contribution < -0.4 is 22.1 Å². The molecule has 1 saturated heterocycles. The molecule has 1 aliphatic heterocycles. The van der Waals surface area contributed by atoms with E-state index in [0.29, 0.717) is 77.6 Å². The highest BCUT2D eigenvalue weighted by molar-refractivity contribution is 6.40. The molecule has 17 heteroatoms. The van der Waals surface area contributed by atoms with Crippen LogP contribution in [0.25, 0.3) is 21.8 Å². The molecule has 58 heavy (non-hydrogen) atoms. The van der Waals surface area contributed by atoms with Crippen LogP contribution in [0.5, 0.6) is 0 Å². The maximum atomic E-state index is 12.9. The smallest absolute Gasteiger partial charge is 0.314 e. The number of nitrogen functional groups attached to an aromatic ring is 2. The van der Waals surface area contributed by atoms with Crippen LogP contribution in [0, 0.1) is 13.8 Å². The van der Waals surface area contributed by atoms with Gasteiger partial charge in [0.05, 0.1) is 46.3 Å². The van der Waals surface area contributed by atoms with Crippen LogP contribution in [0.3, 0.4) is 0 Å². The molecule has 1 fully saturated rings. The van der Waals surface area contributed by atoms with Crippen LogP contribution in [0.15, 0.2) is 73.3 Å². The largest absolute Gasteiger partial charge is 0.383 e. The Kier molecular flexibility index (Phi) is 12.9. The molecular weight excluding hydrogens is 741 g/mol. The number of hydrogen-bond donors (Lipinski definition) is 5. The van der Waals surface area contributed by atoms with Gasteiger partial charge in [-0.2, -0.15) is 10.2 Å². The van der Waals surface area contributed by atoms with Gasteiger partial charge in [0.25, 0.3) is 0 Å². The number of H-pyrrole nitrogens is 1. The van der Waals surface area contributed by atoms with Crippen LogP contribution in [-0.2, 0) is 37.0 Å². The van der Waals surface area contributed by atoms with Gasteiger partial charge < -0.3 is 36.6 Å². The second kappa shape index (κ2) is 18.4. The van der Waals surface area contributed by atoms with E-state index in [0.717, 1.165) is 41.5 Å². The number of pyridine rings is 2. The summed E-state index contributed by atoms with van der Waals surface area (Å²) < 4.78 is 7.51. The number of anilines is 4. The fraction of sp³-hybridized carbons (Fsp3) is 0.317. The van der Waals surface area contributed by atoms with Crippen LogP contribution in [0.4, 0.5) is 23.0 Å². The summed E-state index contributed by atoms with van der Waals surface area (Å²) in [5.41, 5.74) is 17.7.